The van der Waals surface area contributed by atoms with E-state index in [1.54, 1.807) is 19.3 Å². The number of allylic oxidation sites excluding steroid dienone is 2. The topological polar surface area (TPSA) is 45.5 Å². The smallest absolute Gasteiger partial charge is 0.158 e. The standard InChI is InChI=1S/C16H20N2O3.C4H7Cl.C3H6.C2H6/c1-19-15-7-5-14(6-8-15)18-10-9-13(17-18)12-21-16-4-2-3-11-20-16;1-3-4(2)5;1-3-2;1-2/h5-10,16H,2-4,11-12H2,1H3;3-4H,1H2,2H3;3H,1H2,2H3;1-2H3. The van der Waals surface area contributed by atoms with Gasteiger partial charge in [-0.2, -0.15) is 5.10 Å². The molecular weight excluding hydrogens is 412 g/mol. The Labute approximate surface area is 193 Å². The summed E-state index contributed by atoms with van der Waals surface area (Å²) in [7, 11) is 1.66. The number of hydrogen-bond acceptors (Lipinski definition) is 4. The molecule has 1 aliphatic rings. The Morgan fingerprint density at radius 3 is 2.32 bits per heavy atom. The first-order valence-electron chi connectivity index (χ1n) is 10.8. The third-order valence-electron chi connectivity index (χ3n) is 3.86. The Kier molecular flexibility index (Phi) is 17.4. The number of ether oxygens (including phenoxy) is 3. The highest BCUT2D eigenvalue weighted by Gasteiger charge is 2.14. The number of methoxy groups -OCH3 is 1. The summed E-state index contributed by atoms with van der Waals surface area (Å²) in [5, 5.41) is 4.64. The summed E-state index contributed by atoms with van der Waals surface area (Å²) >= 11 is 5.34. The number of alkyl halides is 1. The predicted molar refractivity (Wildman–Crippen MR) is 131 cm³/mol. The number of rotatable bonds is 6. The van der Waals surface area contributed by atoms with E-state index in [-0.39, 0.29) is 11.7 Å². The number of nitrogens with zero attached hydrogens (tertiary/aromatic N) is 2. The third-order valence-corrected chi connectivity index (χ3v) is 4.04. The van der Waals surface area contributed by atoms with E-state index in [1.807, 2.05) is 68.9 Å². The molecule has 0 N–H and O–H groups in total. The van der Waals surface area contributed by atoms with Crippen LogP contribution in [0.25, 0.3) is 5.69 Å². The molecule has 5 nitrogen and oxygen atoms in total. The molecule has 3 rings (SSSR count). The summed E-state index contributed by atoms with van der Waals surface area (Å²) in [4.78, 5) is 0. The zero-order valence-corrected chi connectivity index (χ0v) is 20.5. The fraction of sp³-hybridized carbons (Fsp3) is 0.480. The molecule has 6 heteroatoms. The molecule has 31 heavy (non-hydrogen) atoms. The molecular formula is C25H39ClN2O3. The fourth-order valence-electron chi connectivity index (χ4n) is 2.34. The van der Waals surface area contributed by atoms with Gasteiger partial charge in [0.15, 0.2) is 6.29 Å². The van der Waals surface area contributed by atoms with Crippen LogP contribution in [0, 0.1) is 0 Å². The van der Waals surface area contributed by atoms with E-state index < -0.39 is 0 Å². The Bertz CT molecular complexity index is 693. The summed E-state index contributed by atoms with van der Waals surface area (Å²) in [5.41, 5.74) is 1.90. The molecule has 0 saturated carbocycles. The van der Waals surface area contributed by atoms with Crippen molar-refractivity contribution >= 4 is 11.6 Å². The van der Waals surface area contributed by atoms with Crippen molar-refractivity contribution in [1.82, 2.24) is 9.78 Å². The van der Waals surface area contributed by atoms with Gasteiger partial charge >= 0.3 is 0 Å². The average molecular weight is 451 g/mol. The third kappa shape index (κ3) is 13.0. The highest BCUT2D eigenvalue weighted by molar-refractivity contribution is 6.21. The van der Waals surface area contributed by atoms with Crippen LogP contribution in [0.2, 0.25) is 0 Å². The number of benzene rings is 1. The minimum absolute atomic E-state index is 0.0788. The van der Waals surface area contributed by atoms with Gasteiger partial charge in [-0.1, -0.05) is 26.0 Å². The zero-order chi connectivity index (χ0) is 23.5. The van der Waals surface area contributed by atoms with Crippen molar-refractivity contribution in [3.8, 4) is 11.4 Å². The fourth-order valence-corrected chi connectivity index (χ4v) is 2.34. The van der Waals surface area contributed by atoms with E-state index in [0.717, 1.165) is 36.6 Å². The van der Waals surface area contributed by atoms with Crippen LogP contribution in [0.5, 0.6) is 5.75 Å². The van der Waals surface area contributed by atoms with Crippen molar-refractivity contribution in [3.63, 3.8) is 0 Å². The maximum atomic E-state index is 5.74. The number of halogens is 1. The number of hydrogen-bond donors (Lipinski definition) is 0. The Hall–Kier alpha value is -2.08. The van der Waals surface area contributed by atoms with E-state index in [1.165, 1.54) is 6.42 Å². The molecule has 0 bridgehead atoms. The summed E-state index contributed by atoms with van der Waals surface area (Å²) in [6, 6.07) is 9.75. The molecule has 0 amide bonds. The Balaban J connectivity index is 0.000000768. The Morgan fingerprint density at radius 2 is 1.84 bits per heavy atom. The molecule has 2 aromatic rings. The molecule has 0 spiro atoms. The molecule has 1 saturated heterocycles. The first-order chi connectivity index (χ1) is 15.0. The highest BCUT2D eigenvalue weighted by atomic mass is 35.5. The van der Waals surface area contributed by atoms with Crippen LogP contribution in [-0.4, -0.2) is 35.2 Å². The van der Waals surface area contributed by atoms with Gasteiger partial charge in [0.1, 0.15) is 5.75 Å². The Morgan fingerprint density at radius 1 is 1.23 bits per heavy atom. The second kappa shape index (κ2) is 18.7. The van der Waals surface area contributed by atoms with Crippen LogP contribution in [0.3, 0.4) is 0 Å². The van der Waals surface area contributed by atoms with Gasteiger partial charge in [0.05, 0.1) is 25.1 Å². The molecule has 0 aliphatic carbocycles. The van der Waals surface area contributed by atoms with Crippen LogP contribution < -0.4 is 4.74 Å². The van der Waals surface area contributed by atoms with Crippen molar-refractivity contribution in [1.29, 1.82) is 0 Å². The van der Waals surface area contributed by atoms with Crippen LogP contribution in [0.15, 0.2) is 61.8 Å². The summed E-state index contributed by atoms with van der Waals surface area (Å²) < 4.78 is 18.3. The lowest BCUT2D eigenvalue weighted by Gasteiger charge is -2.22. The van der Waals surface area contributed by atoms with Gasteiger partial charge in [0.25, 0.3) is 0 Å². The lowest BCUT2D eigenvalue weighted by molar-refractivity contribution is -0.169. The van der Waals surface area contributed by atoms with Crippen LogP contribution in [0.1, 0.15) is 52.7 Å². The summed E-state index contributed by atoms with van der Waals surface area (Å²) in [6.45, 7) is 15.8. The summed E-state index contributed by atoms with van der Waals surface area (Å²) in [5.74, 6) is 0.837. The van der Waals surface area contributed by atoms with Crippen molar-refractivity contribution in [3.05, 3.63) is 67.5 Å². The van der Waals surface area contributed by atoms with Crippen LogP contribution in [-0.2, 0) is 16.1 Å². The normalized spacial score (nSPS) is 15.5. The lowest BCUT2D eigenvalue weighted by atomic mass is 10.2. The molecule has 1 aliphatic heterocycles. The quantitative estimate of drug-likeness (QED) is 0.353. The van der Waals surface area contributed by atoms with Gasteiger partial charge in [-0.15, -0.1) is 24.8 Å². The van der Waals surface area contributed by atoms with Gasteiger partial charge in [-0.25, -0.2) is 4.68 Å². The van der Waals surface area contributed by atoms with Gasteiger partial charge in [0.2, 0.25) is 0 Å². The van der Waals surface area contributed by atoms with Crippen molar-refractivity contribution in [2.24, 2.45) is 0 Å². The molecule has 1 fully saturated rings. The maximum absolute atomic E-state index is 5.74. The molecule has 174 valence electrons. The molecule has 2 atom stereocenters. The maximum Gasteiger partial charge on any atom is 0.158 e. The minimum atomic E-state index is -0.0788. The monoisotopic (exact) mass is 450 g/mol. The van der Waals surface area contributed by atoms with Gasteiger partial charge in [0, 0.05) is 18.2 Å². The molecule has 2 unspecified atom stereocenters. The second-order valence-corrected chi connectivity index (χ2v) is 7.07. The second-order valence-electron chi connectivity index (χ2n) is 6.38. The van der Waals surface area contributed by atoms with Crippen molar-refractivity contribution < 1.29 is 14.2 Å². The molecule has 0 radical (unpaired) electrons. The molecule has 1 aromatic carbocycles. The van der Waals surface area contributed by atoms with E-state index in [4.69, 9.17) is 25.8 Å². The van der Waals surface area contributed by atoms with E-state index in [9.17, 15) is 0 Å². The first-order valence-corrected chi connectivity index (χ1v) is 11.2. The van der Waals surface area contributed by atoms with Crippen LogP contribution >= 0.6 is 11.6 Å². The first kappa shape index (κ1) is 28.9. The van der Waals surface area contributed by atoms with E-state index in [2.05, 4.69) is 18.3 Å². The SMILES string of the molecule is C=CC.C=CC(C)Cl.CC.COc1ccc(-n2ccc(COC3CCCCO3)n2)cc1. The van der Waals surface area contributed by atoms with Crippen LogP contribution in [0.4, 0.5) is 0 Å². The van der Waals surface area contributed by atoms with Gasteiger partial charge < -0.3 is 14.2 Å². The predicted octanol–water partition coefficient (Wildman–Crippen LogP) is 6.94. The molecule has 2 heterocycles. The average Bonchev–Trinajstić information content (AvgIpc) is 3.30. The highest BCUT2D eigenvalue weighted by Crippen LogP contribution is 2.17. The minimum Gasteiger partial charge on any atom is -0.497 e. The largest absolute Gasteiger partial charge is 0.497 e. The van der Waals surface area contributed by atoms with Gasteiger partial charge in [-0.05, 0) is 63.4 Å². The summed E-state index contributed by atoms with van der Waals surface area (Å²) in [6.07, 6.45) is 8.56. The molecule has 1 aromatic heterocycles. The van der Waals surface area contributed by atoms with E-state index in [0.29, 0.717) is 6.61 Å². The van der Waals surface area contributed by atoms with Crippen molar-refractivity contribution in [2.75, 3.05) is 13.7 Å². The zero-order valence-electron chi connectivity index (χ0n) is 19.7. The van der Waals surface area contributed by atoms with Crippen molar-refractivity contribution in [2.45, 2.75) is 65.2 Å². The van der Waals surface area contributed by atoms with Gasteiger partial charge in [-0.3, -0.25) is 0 Å². The number of aromatic nitrogens is 2. The van der Waals surface area contributed by atoms with E-state index >= 15 is 0 Å². The lowest BCUT2D eigenvalue weighted by Crippen LogP contribution is -2.22.